The largest absolute Gasteiger partial charge is 0.465 e. The number of rotatable bonds is 10. The maximum atomic E-state index is 11.9. The van der Waals surface area contributed by atoms with Crippen LogP contribution in [0.15, 0.2) is 27.6 Å². The average molecular weight is 398 g/mol. The summed E-state index contributed by atoms with van der Waals surface area (Å²) in [6, 6.07) is 7.70. The van der Waals surface area contributed by atoms with Gasteiger partial charge in [-0.25, -0.2) is 0 Å². The maximum absolute atomic E-state index is 11.9. The molecule has 0 saturated carbocycles. The Hall–Kier alpha value is -0.990. The van der Waals surface area contributed by atoms with E-state index in [0.717, 1.165) is 22.2 Å². The van der Waals surface area contributed by atoms with Crippen LogP contribution in [0.3, 0.4) is 0 Å². The summed E-state index contributed by atoms with van der Waals surface area (Å²) >= 11 is 4.96. The zero-order valence-corrected chi connectivity index (χ0v) is 16.2. The first-order valence-corrected chi connectivity index (χ1v) is 9.87. The number of esters is 1. The Morgan fingerprint density at radius 2 is 2.22 bits per heavy atom. The standard InChI is InChI=1S/C18H24BrNO2S/c1-3-5-7-14(4-2)13-22-17(21)10-11-23-18-15(12-20)8-6-9-16(18)19/h6,8-9,14H,3-5,7,10-11,13H2,1-2H3. The normalized spacial score (nSPS) is 11.7. The molecule has 0 N–H and O–H groups in total. The van der Waals surface area contributed by atoms with Crippen molar-refractivity contribution in [2.75, 3.05) is 12.4 Å². The Morgan fingerprint density at radius 1 is 1.43 bits per heavy atom. The first-order chi connectivity index (χ1) is 11.1. The van der Waals surface area contributed by atoms with Crippen LogP contribution in [0, 0.1) is 17.2 Å². The number of halogens is 1. The van der Waals surface area contributed by atoms with Crippen LogP contribution in [0.5, 0.6) is 0 Å². The van der Waals surface area contributed by atoms with Crippen molar-refractivity contribution >= 4 is 33.7 Å². The van der Waals surface area contributed by atoms with Crippen molar-refractivity contribution in [1.29, 1.82) is 5.26 Å². The summed E-state index contributed by atoms with van der Waals surface area (Å²) in [5, 5.41) is 9.12. The van der Waals surface area contributed by atoms with Gasteiger partial charge in [-0.2, -0.15) is 5.26 Å². The van der Waals surface area contributed by atoms with E-state index in [2.05, 4.69) is 35.8 Å². The highest BCUT2D eigenvalue weighted by atomic mass is 79.9. The van der Waals surface area contributed by atoms with Crippen LogP contribution >= 0.6 is 27.7 Å². The van der Waals surface area contributed by atoms with E-state index < -0.39 is 0 Å². The quantitative estimate of drug-likeness (QED) is 0.382. The van der Waals surface area contributed by atoms with Crippen molar-refractivity contribution in [3.05, 3.63) is 28.2 Å². The highest BCUT2D eigenvalue weighted by molar-refractivity contribution is 9.10. The fourth-order valence-corrected chi connectivity index (χ4v) is 3.82. The zero-order valence-electron chi connectivity index (χ0n) is 13.8. The topological polar surface area (TPSA) is 50.1 Å². The van der Waals surface area contributed by atoms with Crippen LogP contribution in [0.2, 0.25) is 0 Å². The smallest absolute Gasteiger partial charge is 0.306 e. The Labute approximate surface area is 151 Å². The second-order valence-corrected chi connectivity index (χ2v) is 7.39. The lowest BCUT2D eigenvalue weighted by molar-refractivity contribution is -0.144. The number of ether oxygens (including phenoxy) is 1. The molecule has 0 aliphatic heterocycles. The molecule has 0 bridgehead atoms. The summed E-state index contributed by atoms with van der Waals surface area (Å²) in [6.45, 7) is 4.84. The molecule has 0 radical (unpaired) electrons. The van der Waals surface area contributed by atoms with Gasteiger partial charge < -0.3 is 4.74 Å². The van der Waals surface area contributed by atoms with Crippen LogP contribution in [0.1, 0.15) is 51.5 Å². The van der Waals surface area contributed by atoms with E-state index in [-0.39, 0.29) is 5.97 Å². The van der Waals surface area contributed by atoms with E-state index in [9.17, 15) is 4.79 Å². The average Bonchev–Trinajstić information content (AvgIpc) is 2.56. The first kappa shape index (κ1) is 20.1. The number of nitrogens with zero attached hydrogens (tertiary/aromatic N) is 1. The zero-order chi connectivity index (χ0) is 17.1. The van der Waals surface area contributed by atoms with E-state index in [0.29, 0.717) is 30.3 Å². The van der Waals surface area contributed by atoms with Gasteiger partial charge in [-0.1, -0.05) is 39.2 Å². The minimum atomic E-state index is -0.155. The predicted octanol–water partition coefficient (Wildman–Crippen LogP) is 5.56. The Balaban J connectivity index is 2.36. The van der Waals surface area contributed by atoms with Gasteiger partial charge >= 0.3 is 5.97 Å². The second kappa shape index (κ2) is 11.5. The summed E-state index contributed by atoms with van der Waals surface area (Å²) in [4.78, 5) is 12.7. The van der Waals surface area contributed by atoms with Gasteiger partial charge in [0, 0.05) is 15.1 Å². The number of unbranched alkanes of at least 4 members (excludes halogenated alkanes) is 1. The van der Waals surface area contributed by atoms with Crippen LogP contribution in [-0.2, 0) is 9.53 Å². The molecule has 1 unspecified atom stereocenters. The Kier molecular flexibility index (Phi) is 10.1. The van der Waals surface area contributed by atoms with Crippen molar-refractivity contribution in [2.24, 2.45) is 5.92 Å². The third-order valence-corrected chi connectivity index (χ3v) is 5.72. The minimum absolute atomic E-state index is 0.155. The number of carbonyl (C=O) groups excluding carboxylic acids is 1. The molecule has 3 nitrogen and oxygen atoms in total. The van der Waals surface area contributed by atoms with Crippen molar-refractivity contribution in [3.63, 3.8) is 0 Å². The van der Waals surface area contributed by atoms with Gasteiger partial charge in [-0.15, -0.1) is 11.8 Å². The molecule has 0 aromatic heterocycles. The van der Waals surface area contributed by atoms with Crippen LogP contribution in [0.25, 0.3) is 0 Å². The number of hydrogen-bond donors (Lipinski definition) is 0. The lowest BCUT2D eigenvalue weighted by atomic mass is 10.0. The number of hydrogen-bond acceptors (Lipinski definition) is 4. The number of nitriles is 1. The molecule has 1 atom stereocenters. The predicted molar refractivity (Wildman–Crippen MR) is 98.5 cm³/mol. The molecule has 0 aliphatic carbocycles. The van der Waals surface area contributed by atoms with E-state index in [4.69, 9.17) is 10.00 Å². The van der Waals surface area contributed by atoms with E-state index in [1.807, 2.05) is 12.1 Å². The number of thioether (sulfide) groups is 1. The van der Waals surface area contributed by atoms with E-state index in [1.54, 1.807) is 6.07 Å². The van der Waals surface area contributed by atoms with Gasteiger partial charge in [-0.3, -0.25) is 4.79 Å². The first-order valence-electron chi connectivity index (χ1n) is 8.09. The molecule has 1 rings (SSSR count). The van der Waals surface area contributed by atoms with Crippen molar-refractivity contribution in [1.82, 2.24) is 0 Å². The van der Waals surface area contributed by atoms with Gasteiger partial charge in [0.15, 0.2) is 0 Å². The third kappa shape index (κ3) is 7.41. The third-order valence-electron chi connectivity index (χ3n) is 3.66. The molecule has 1 aromatic rings. The summed E-state index contributed by atoms with van der Waals surface area (Å²) in [7, 11) is 0. The summed E-state index contributed by atoms with van der Waals surface area (Å²) < 4.78 is 6.28. The number of carbonyl (C=O) groups is 1. The fraction of sp³-hybridized carbons (Fsp3) is 0.556. The van der Waals surface area contributed by atoms with Crippen molar-refractivity contribution in [2.45, 2.75) is 50.8 Å². The van der Waals surface area contributed by atoms with Gasteiger partial charge in [0.05, 0.1) is 18.6 Å². The second-order valence-electron chi connectivity index (χ2n) is 5.43. The van der Waals surface area contributed by atoms with E-state index in [1.165, 1.54) is 24.6 Å². The van der Waals surface area contributed by atoms with E-state index >= 15 is 0 Å². The van der Waals surface area contributed by atoms with Gasteiger partial charge in [0.2, 0.25) is 0 Å². The number of benzene rings is 1. The molecule has 0 saturated heterocycles. The van der Waals surface area contributed by atoms with Gasteiger partial charge in [-0.05, 0) is 40.4 Å². The fourth-order valence-electron chi connectivity index (χ4n) is 2.16. The monoisotopic (exact) mass is 397 g/mol. The summed E-state index contributed by atoms with van der Waals surface area (Å²) in [5.74, 6) is 0.931. The maximum Gasteiger partial charge on any atom is 0.306 e. The molecule has 23 heavy (non-hydrogen) atoms. The molecular formula is C18H24BrNO2S. The highest BCUT2D eigenvalue weighted by Crippen LogP contribution is 2.31. The summed E-state index contributed by atoms with van der Waals surface area (Å²) in [5.41, 5.74) is 0.628. The van der Waals surface area contributed by atoms with Crippen molar-refractivity contribution < 1.29 is 9.53 Å². The molecule has 0 aliphatic rings. The lowest BCUT2D eigenvalue weighted by Crippen LogP contribution is -2.14. The van der Waals surface area contributed by atoms with Crippen LogP contribution in [0.4, 0.5) is 0 Å². The molecular weight excluding hydrogens is 374 g/mol. The molecule has 0 spiro atoms. The molecule has 0 heterocycles. The lowest BCUT2D eigenvalue weighted by Gasteiger charge is -2.14. The van der Waals surface area contributed by atoms with Crippen molar-refractivity contribution in [3.8, 4) is 6.07 Å². The highest BCUT2D eigenvalue weighted by Gasteiger charge is 2.12. The summed E-state index contributed by atoms with van der Waals surface area (Å²) in [6.07, 6.45) is 4.89. The van der Waals surface area contributed by atoms with Crippen LogP contribution < -0.4 is 0 Å². The SMILES string of the molecule is CCCCC(CC)COC(=O)CCSc1c(Br)cccc1C#N. The molecule has 0 fully saturated rings. The Bertz CT molecular complexity index is 542. The van der Waals surface area contributed by atoms with Crippen LogP contribution in [-0.4, -0.2) is 18.3 Å². The Morgan fingerprint density at radius 3 is 2.87 bits per heavy atom. The van der Waals surface area contributed by atoms with Gasteiger partial charge in [0.1, 0.15) is 6.07 Å². The molecule has 126 valence electrons. The molecule has 5 heteroatoms. The minimum Gasteiger partial charge on any atom is -0.465 e. The molecule has 0 amide bonds. The molecule has 1 aromatic carbocycles. The van der Waals surface area contributed by atoms with Gasteiger partial charge in [0.25, 0.3) is 0 Å².